The number of nitrogens with zero attached hydrogens (tertiary/aromatic N) is 2. The summed E-state index contributed by atoms with van der Waals surface area (Å²) in [6.07, 6.45) is 2.77. The van der Waals surface area contributed by atoms with E-state index in [4.69, 9.17) is 16.3 Å². The van der Waals surface area contributed by atoms with Gasteiger partial charge in [-0.05, 0) is 24.1 Å². The zero-order chi connectivity index (χ0) is 14.5. The van der Waals surface area contributed by atoms with Gasteiger partial charge in [0.2, 0.25) is 0 Å². The number of aryl methyl sites for hydroxylation is 1. The van der Waals surface area contributed by atoms with Crippen molar-refractivity contribution >= 4 is 17.4 Å². The molecule has 0 atom stereocenters. The van der Waals surface area contributed by atoms with Gasteiger partial charge >= 0.3 is 0 Å². The van der Waals surface area contributed by atoms with Crippen molar-refractivity contribution in [3.63, 3.8) is 0 Å². The first-order valence-corrected chi connectivity index (χ1v) is 6.91. The summed E-state index contributed by atoms with van der Waals surface area (Å²) in [5, 5.41) is 4.83. The summed E-state index contributed by atoms with van der Waals surface area (Å²) < 4.78 is 6.92. The number of ether oxygens (including phenoxy) is 1. The standard InChI is InChI=1S/C15H17ClN2O2/c1-3-7-18-15(14(20-2)10-17-18)13(19)9-11-5-4-6-12(16)8-11/h4-6,8,10H,3,7,9H2,1-2H3. The van der Waals surface area contributed by atoms with Crippen LogP contribution in [0, 0.1) is 0 Å². The first-order valence-electron chi connectivity index (χ1n) is 6.53. The maximum absolute atomic E-state index is 12.5. The molecular formula is C15H17ClN2O2. The normalized spacial score (nSPS) is 10.6. The van der Waals surface area contributed by atoms with E-state index in [0.717, 1.165) is 12.0 Å². The number of ketones is 1. The number of hydrogen-bond acceptors (Lipinski definition) is 3. The van der Waals surface area contributed by atoms with Crippen molar-refractivity contribution in [2.75, 3.05) is 7.11 Å². The maximum Gasteiger partial charge on any atom is 0.189 e. The highest BCUT2D eigenvalue weighted by molar-refractivity contribution is 6.30. The van der Waals surface area contributed by atoms with Gasteiger partial charge in [-0.1, -0.05) is 30.7 Å². The molecule has 20 heavy (non-hydrogen) atoms. The number of benzene rings is 1. The van der Waals surface area contributed by atoms with E-state index in [1.165, 1.54) is 0 Å². The molecule has 5 heteroatoms. The number of rotatable bonds is 6. The number of aromatic nitrogens is 2. The SMILES string of the molecule is CCCn1ncc(OC)c1C(=O)Cc1cccc(Cl)c1. The van der Waals surface area contributed by atoms with Gasteiger partial charge in [0.15, 0.2) is 11.5 Å². The molecule has 1 heterocycles. The lowest BCUT2D eigenvalue weighted by Gasteiger charge is -2.07. The number of methoxy groups -OCH3 is 1. The van der Waals surface area contributed by atoms with E-state index in [1.807, 2.05) is 19.1 Å². The van der Waals surface area contributed by atoms with Crippen molar-refractivity contribution in [2.24, 2.45) is 0 Å². The highest BCUT2D eigenvalue weighted by Gasteiger charge is 2.19. The molecule has 0 radical (unpaired) electrons. The van der Waals surface area contributed by atoms with Crippen LogP contribution in [0.4, 0.5) is 0 Å². The molecule has 2 rings (SSSR count). The van der Waals surface area contributed by atoms with Gasteiger partial charge < -0.3 is 4.74 Å². The highest BCUT2D eigenvalue weighted by Crippen LogP contribution is 2.21. The third kappa shape index (κ3) is 3.20. The van der Waals surface area contributed by atoms with Crippen LogP contribution in [-0.2, 0) is 13.0 Å². The molecule has 0 aliphatic rings. The Balaban J connectivity index is 2.26. The summed E-state index contributed by atoms with van der Waals surface area (Å²) >= 11 is 5.94. The van der Waals surface area contributed by atoms with Crippen molar-refractivity contribution in [1.29, 1.82) is 0 Å². The van der Waals surface area contributed by atoms with Gasteiger partial charge in [-0.15, -0.1) is 0 Å². The summed E-state index contributed by atoms with van der Waals surface area (Å²) in [6.45, 7) is 2.74. The molecular weight excluding hydrogens is 276 g/mol. The minimum Gasteiger partial charge on any atom is -0.493 e. The lowest BCUT2D eigenvalue weighted by Crippen LogP contribution is -2.13. The van der Waals surface area contributed by atoms with Crippen molar-refractivity contribution in [1.82, 2.24) is 9.78 Å². The molecule has 1 aromatic carbocycles. The van der Waals surface area contributed by atoms with E-state index in [2.05, 4.69) is 5.10 Å². The summed E-state index contributed by atoms with van der Waals surface area (Å²) in [5.74, 6) is 0.501. The van der Waals surface area contributed by atoms with Gasteiger partial charge in [0, 0.05) is 18.0 Å². The molecule has 4 nitrogen and oxygen atoms in total. The zero-order valence-electron chi connectivity index (χ0n) is 11.6. The van der Waals surface area contributed by atoms with Gasteiger partial charge in [-0.25, -0.2) is 0 Å². The smallest absolute Gasteiger partial charge is 0.189 e. The molecule has 1 aromatic heterocycles. The molecule has 0 unspecified atom stereocenters. The van der Waals surface area contributed by atoms with E-state index in [0.29, 0.717) is 23.0 Å². The summed E-state index contributed by atoms with van der Waals surface area (Å²) in [6, 6.07) is 7.31. The molecule has 0 aliphatic heterocycles. The molecule has 0 bridgehead atoms. The van der Waals surface area contributed by atoms with Crippen LogP contribution < -0.4 is 4.74 Å². The van der Waals surface area contributed by atoms with Crippen molar-refractivity contribution in [2.45, 2.75) is 26.3 Å². The molecule has 0 saturated carbocycles. The molecule has 106 valence electrons. The fourth-order valence-electron chi connectivity index (χ4n) is 2.10. The Morgan fingerprint density at radius 3 is 2.90 bits per heavy atom. The number of halogens is 1. The monoisotopic (exact) mass is 292 g/mol. The highest BCUT2D eigenvalue weighted by atomic mass is 35.5. The van der Waals surface area contributed by atoms with Crippen LogP contribution in [0.2, 0.25) is 5.02 Å². The lowest BCUT2D eigenvalue weighted by atomic mass is 10.1. The average molecular weight is 293 g/mol. The Hall–Kier alpha value is -1.81. The van der Waals surface area contributed by atoms with Crippen LogP contribution in [0.5, 0.6) is 5.75 Å². The summed E-state index contributed by atoms with van der Waals surface area (Å²) in [4.78, 5) is 12.5. The van der Waals surface area contributed by atoms with Gasteiger partial charge in [0.1, 0.15) is 5.69 Å². The van der Waals surface area contributed by atoms with Gasteiger partial charge in [-0.2, -0.15) is 5.10 Å². The fraction of sp³-hybridized carbons (Fsp3) is 0.333. The molecule has 0 aliphatic carbocycles. The van der Waals surface area contributed by atoms with Crippen LogP contribution in [0.25, 0.3) is 0 Å². The van der Waals surface area contributed by atoms with Crippen LogP contribution in [0.15, 0.2) is 30.5 Å². The third-order valence-electron chi connectivity index (χ3n) is 2.98. The summed E-state index contributed by atoms with van der Waals surface area (Å²) in [7, 11) is 1.55. The Morgan fingerprint density at radius 2 is 2.25 bits per heavy atom. The molecule has 0 N–H and O–H groups in total. The maximum atomic E-state index is 12.5. The average Bonchev–Trinajstić information content (AvgIpc) is 2.82. The molecule has 0 amide bonds. The minimum absolute atomic E-state index is 0.0185. The predicted octanol–water partition coefficient (Wildman–Crippen LogP) is 3.38. The number of carbonyl (C=O) groups excluding carboxylic acids is 1. The van der Waals surface area contributed by atoms with Crippen LogP contribution in [-0.4, -0.2) is 22.7 Å². The Bertz CT molecular complexity index is 608. The van der Waals surface area contributed by atoms with Gasteiger partial charge in [-0.3, -0.25) is 9.48 Å². The van der Waals surface area contributed by atoms with Crippen LogP contribution in [0.1, 0.15) is 29.4 Å². The third-order valence-corrected chi connectivity index (χ3v) is 3.21. The van der Waals surface area contributed by atoms with E-state index >= 15 is 0 Å². The van der Waals surface area contributed by atoms with Crippen LogP contribution in [0.3, 0.4) is 0 Å². The first-order chi connectivity index (χ1) is 9.65. The fourth-order valence-corrected chi connectivity index (χ4v) is 2.31. The molecule has 0 fully saturated rings. The zero-order valence-corrected chi connectivity index (χ0v) is 12.4. The van der Waals surface area contributed by atoms with Crippen molar-refractivity contribution < 1.29 is 9.53 Å². The predicted molar refractivity (Wildman–Crippen MR) is 78.6 cm³/mol. The minimum atomic E-state index is -0.0185. The first kappa shape index (κ1) is 14.6. The Labute approximate surface area is 123 Å². The second-order valence-corrected chi connectivity index (χ2v) is 4.95. The van der Waals surface area contributed by atoms with Crippen LogP contribution >= 0.6 is 11.6 Å². The van der Waals surface area contributed by atoms with E-state index in [1.54, 1.807) is 30.1 Å². The second-order valence-electron chi connectivity index (χ2n) is 4.51. The number of carbonyl (C=O) groups is 1. The molecule has 0 spiro atoms. The quantitative estimate of drug-likeness (QED) is 0.767. The molecule has 0 saturated heterocycles. The number of Topliss-reactive ketones (excluding diaryl/α,β-unsaturated/α-hetero) is 1. The van der Waals surface area contributed by atoms with Gasteiger partial charge in [0.05, 0.1) is 13.3 Å². The van der Waals surface area contributed by atoms with Crippen molar-refractivity contribution in [3.8, 4) is 5.75 Å². The summed E-state index contributed by atoms with van der Waals surface area (Å²) in [5.41, 5.74) is 1.41. The number of hydrogen-bond donors (Lipinski definition) is 0. The Kier molecular flexibility index (Phi) is 4.79. The van der Waals surface area contributed by atoms with E-state index in [-0.39, 0.29) is 12.2 Å². The lowest BCUT2D eigenvalue weighted by molar-refractivity contribution is 0.0979. The Morgan fingerprint density at radius 1 is 1.45 bits per heavy atom. The van der Waals surface area contributed by atoms with E-state index < -0.39 is 0 Å². The molecule has 2 aromatic rings. The second kappa shape index (κ2) is 6.57. The van der Waals surface area contributed by atoms with Crippen molar-refractivity contribution in [3.05, 3.63) is 46.7 Å². The largest absolute Gasteiger partial charge is 0.493 e. The topological polar surface area (TPSA) is 44.1 Å². The van der Waals surface area contributed by atoms with E-state index in [9.17, 15) is 4.79 Å². The van der Waals surface area contributed by atoms with Gasteiger partial charge in [0.25, 0.3) is 0 Å².